The predicted octanol–water partition coefficient (Wildman–Crippen LogP) is 6.11. The van der Waals surface area contributed by atoms with Crippen LogP contribution in [0, 0.1) is 22.7 Å². The SMILES string of the molecule is CC(=O)Oc1cc(C(=O)O[C@]2(C(=O)O)CC[C@H]3[C@@H]4CCC5=CC(=O)C=C[C@]5(C)[C@@]4(F)[C@@H](O)C[C@@]32C)ccc1Sc1ccccc1. The largest absolute Gasteiger partial charge is 0.478 e. The standard InChI is InChI=1S/C35H35FO8S/c1-20(37)43-27-17-21(9-12-28(27)45-24-7-5-4-6-8-24)30(40)44-34(31(41)42)16-14-25-26-11-10-22-18-23(38)13-15-32(22,2)35(26,36)29(39)19-33(25,34)3/h4-9,12-13,15,17-18,25-26,29,39H,10-11,14,16,19H2,1-3H3,(H,41,42)/t25-,26-,29-,32-,33-,34-,35-/m0/s1. The summed E-state index contributed by atoms with van der Waals surface area (Å²) in [5.74, 6) is -4.21. The summed E-state index contributed by atoms with van der Waals surface area (Å²) in [5.41, 5.74) is -6.06. The van der Waals surface area contributed by atoms with Crippen LogP contribution in [0.4, 0.5) is 4.39 Å². The van der Waals surface area contributed by atoms with Crippen LogP contribution in [0.15, 0.2) is 82.1 Å². The van der Waals surface area contributed by atoms with Gasteiger partial charge in [0.2, 0.25) is 5.60 Å². The van der Waals surface area contributed by atoms with Crippen LogP contribution in [0.2, 0.25) is 0 Å². The second-order valence-corrected chi connectivity index (χ2v) is 14.1. The van der Waals surface area contributed by atoms with Crippen molar-refractivity contribution < 1.29 is 43.3 Å². The summed E-state index contributed by atoms with van der Waals surface area (Å²) < 4.78 is 28.8. The quantitative estimate of drug-likeness (QED) is 0.286. The third-order valence-electron chi connectivity index (χ3n) is 10.8. The van der Waals surface area contributed by atoms with Gasteiger partial charge >= 0.3 is 17.9 Å². The van der Waals surface area contributed by atoms with Crippen LogP contribution in [-0.4, -0.2) is 51.3 Å². The zero-order chi connectivity index (χ0) is 32.4. The summed E-state index contributed by atoms with van der Waals surface area (Å²) in [6.07, 6.45) is 3.49. The lowest BCUT2D eigenvalue weighted by molar-refractivity contribution is -0.222. The molecule has 7 atom stereocenters. The monoisotopic (exact) mass is 634 g/mol. The maximum atomic E-state index is 17.4. The molecule has 2 aromatic carbocycles. The number of carboxylic acids is 1. The first-order chi connectivity index (χ1) is 21.2. The van der Waals surface area contributed by atoms with Crippen LogP contribution in [0.25, 0.3) is 0 Å². The van der Waals surface area contributed by atoms with Crippen molar-refractivity contribution >= 4 is 35.5 Å². The van der Waals surface area contributed by atoms with Crippen molar-refractivity contribution in [3.63, 3.8) is 0 Å². The Hall–Kier alpha value is -3.76. The molecule has 2 N–H and O–H groups in total. The molecule has 10 heteroatoms. The summed E-state index contributed by atoms with van der Waals surface area (Å²) in [7, 11) is 0. The van der Waals surface area contributed by atoms with Gasteiger partial charge in [-0.15, -0.1) is 0 Å². The molecular weight excluding hydrogens is 599 g/mol. The highest BCUT2D eigenvalue weighted by atomic mass is 32.2. The van der Waals surface area contributed by atoms with Gasteiger partial charge in [0.05, 0.1) is 16.6 Å². The molecule has 3 saturated carbocycles. The number of benzene rings is 2. The number of hydrogen-bond donors (Lipinski definition) is 2. The molecule has 6 rings (SSSR count). The number of rotatable bonds is 6. The molecule has 0 aliphatic heterocycles. The number of allylic oxidation sites excluding steroid dienone is 4. The highest BCUT2D eigenvalue weighted by Gasteiger charge is 2.76. The van der Waals surface area contributed by atoms with Gasteiger partial charge in [0, 0.05) is 28.6 Å². The number of ketones is 1. The van der Waals surface area contributed by atoms with E-state index in [2.05, 4.69) is 0 Å². The minimum atomic E-state index is -2.14. The molecule has 0 radical (unpaired) electrons. The number of carboxylic acid groups (broad SMARTS) is 1. The lowest BCUT2D eigenvalue weighted by atomic mass is 9.45. The summed E-state index contributed by atoms with van der Waals surface area (Å²) in [5, 5.41) is 22.3. The molecule has 3 fully saturated rings. The molecular formula is C35H35FO8S. The Morgan fingerprint density at radius 1 is 1.04 bits per heavy atom. The van der Waals surface area contributed by atoms with Crippen LogP contribution in [0.1, 0.15) is 63.2 Å². The van der Waals surface area contributed by atoms with E-state index in [1.54, 1.807) is 26.0 Å². The number of ether oxygens (including phenoxy) is 2. The molecule has 0 aromatic heterocycles. The number of hydrogen-bond acceptors (Lipinski definition) is 8. The van der Waals surface area contributed by atoms with E-state index in [0.717, 1.165) is 4.90 Å². The number of alkyl halides is 1. The summed E-state index contributed by atoms with van der Waals surface area (Å²) in [4.78, 5) is 52.3. The lowest BCUT2D eigenvalue weighted by Crippen LogP contribution is -2.69. The van der Waals surface area contributed by atoms with Crippen LogP contribution in [0.5, 0.6) is 5.75 Å². The van der Waals surface area contributed by atoms with E-state index in [-0.39, 0.29) is 36.4 Å². The smallest absolute Gasteiger partial charge is 0.348 e. The highest BCUT2D eigenvalue weighted by molar-refractivity contribution is 7.99. The van der Waals surface area contributed by atoms with E-state index in [9.17, 15) is 29.4 Å². The first-order valence-corrected chi connectivity index (χ1v) is 15.9. The highest BCUT2D eigenvalue weighted by Crippen LogP contribution is 2.70. The molecule has 45 heavy (non-hydrogen) atoms. The third-order valence-corrected chi connectivity index (χ3v) is 11.8. The van der Waals surface area contributed by atoms with Gasteiger partial charge in [-0.3, -0.25) is 9.59 Å². The van der Waals surface area contributed by atoms with Gasteiger partial charge in [-0.1, -0.05) is 48.5 Å². The van der Waals surface area contributed by atoms with E-state index in [1.165, 1.54) is 43.0 Å². The van der Waals surface area contributed by atoms with Gasteiger partial charge in [0.15, 0.2) is 11.5 Å². The Morgan fingerprint density at radius 3 is 2.47 bits per heavy atom. The molecule has 0 spiro atoms. The first kappa shape index (κ1) is 31.2. The Labute approximate surface area is 264 Å². The van der Waals surface area contributed by atoms with Crippen LogP contribution in [-0.2, 0) is 19.1 Å². The summed E-state index contributed by atoms with van der Waals surface area (Å²) >= 11 is 1.33. The van der Waals surface area contributed by atoms with Crippen LogP contribution >= 0.6 is 11.8 Å². The lowest BCUT2D eigenvalue weighted by Gasteiger charge is -2.62. The van der Waals surface area contributed by atoms with Gasteiger partial charge in [-0.05, 0) is 87.4 Å². The van der Waals surface area contributed by atoms with E-state index < -0.39 is 57.9 Å². The number of aliphatic carboxylic acids is 1. The first-order valence-electron chi connectivity index (χ1n) is 15.1. The molecule has 236 valence electrons. The number of halogens is 1. The topological polar surface area (TPSA) is 127 Å². The van der Waals surface area contributed by atoms with Gasteiger partial charge in [-0.2, -0.15) is 0 Å². The van der Waals surface area contributed by atoms with Crippen molar-refractivity contribution in [2.45, 2.75) is 80.0 Å². The van der Waals surface area contributed by atoms with Crippen molar-refractivity contribution in [1.29, 1.82) is 0 Å². The van der Waals surface area contributed by atoms with Gasteiger partial charge < -0.3 is 19.7 Å². The minimum absolute atomic E-state index is 0.00972. The summed E-state index contributed by atoms with van der Waals surface area (Å²) in [6, 6.07) is 13.8. The Balaban J connectivity index is 1.32. The zero-order valence-corrected chi connectivity index (χ0v) is 26.1. The van der Waals surface area contributed by atoms with Crippen molar-refractivity contribution in [2.75, 3.05) is 0 Å². The fraction of sp³-hybridized carbons (Fsp3) is 0.429. The zero-order valence-electron chi connectivity index (χ0n) is 25.2. The number of esters is 2. The van der Waals surface area contributed by atoms with Crippen molar-refractivity contribution in [2.24, 2.45) is 22.7 Å². The number of aliphatic hydroxyl groups is 1. The fourth-order valence-electron chi connectivity index (χ4n) is 8.55. The number of carbonyl (C=O) groups is 4. The van der Waals surface area contributed by atoms with Crippen LogP contribution < -0.4 is 4.74 Å². The number of carbonyl (C=O) groups excluding carboxylic acids is 3. The second-order valence-electron chi connectivity index (χ2n) is 13.0. The van der Waals surface area contributed by atoms with Crippen molar-refractivity contribution in [3.05, 3.63) is 77.9 Å². The van der Waals surface area contributed by atoms with Gasteiger partial charge in [-0.25, -0.2) is 14.0 Å². The molecule has 2 aromatic rings. The molecule has 4 aliphatic rings. The molecule has 0 heterocycles. The molecule has 4 aliphatic carbocycles. The average Bonchev–Trinajstić information content (AvgIpc) is 3.27. The van der Waals surface area contributed by atoms with Crippen LogP contribution in [0.3, 0.4) is 0 Å². The number of fused-ring (bicyclic) bond motifs is 5. The maximum absolute atomic E-state index is 17.4. The molecule has 0 bridgehead atoms. The Bertz CT molecular complexity index is 1650. The van der Waals surface area contributed by atoms with E-state index >= 15 is 4.39 Å². The van der Waals surface area contributed by atoms with Gasteiger partial charge in [0.25, 0.3) is 0 Å². The summed E-state index contributed by atoms with van der Waals surface area (Å²) in [6.45, 7) is 4.61. The molecule has 0 unspecified atom stereocenters. The Morgan fingerprint density at radius 2 is 1.78 bits per heavy atom. The van der Waals surface area contributed by atoms with Crippen molar-refractivity contribution in [3.8, 4) is 5.75 Å². The van der Waals surface area contributed by atoms with Crippen molar-refractivity contribution in [1.82, 2.24) is 0 Å². The maximum Gasteiger partial charge on any atom is 0.348 e. The van der Waals surface area contributed by atoms with E-state index in [4.69, 9.17) is 9.47 Å². The van der Waals surface area contributed by atoms with E-state index in [0.29, 0.717) is 23.3 Å². The average molecular weight is 635 g/mol. The molecule has 0 saturated heterocycles. The second kappa shape index (κ2) is 10.9. The van der Waals surface area contributed by atoms with E-state index in [1.807, 2.05) is 30.3 Å². The normalized spacial score (nSPS) is 35.0. The Kier molecular flexibility index (Phi) is 7.60. The molecule has 0 amide bonds. The molecule has 8 nitrogen and oxygen atoms in total. The minimum Gasteiger partial charge on any atom is -0.478 e. The fourth-order valence-corrected chi connectivity index (χ4v) is 9.43. The predicted molar refractivity (Wildman–Crippen MR) is 162 cm³/mol. The van der Waals surface area contributed by atoms with Gasteiger partial charge in [0.1, 0.15) is 5.75 Å². The third kappa shape index (κ3) is 4.67. The number of aliphatic hydroxyl groups excluding tert-OH is 1.